The summed E-state index contributed by atoms with van der Waals surface area (Å²) in [5.74, 6) is -0.835. The Morgan fingerprint density at radius 2 is 1.61 bits per heavy atom. The minimum absolute atomic E-state index is 0.0567. The monoisotopic (exact) mass is 390 g/mol. The maximum Gasteiger partial charge on any atom is 0.253 e. The Hall–Kier alpha value is -2.48. The van der Waals surface area contributed by atoms with Crippen molar-refractivity contribution in [3.05, 3.63) is 35.6 Å². The normalized spacial score (nSPS) is 19.3. The topological polar surface area (TPSA) is 86.9 Å². The van der Waals surface area contributed by atoms with Gasteiger partial charge in [-0.2, -0.15) is 0 Å². The Kier molecular flexibility index (Phi) is 6.61. The van der Waals surface area contributed by atoms with Crippen LogP contribution < -0.4 is 5.73 Å². The van der Waals surface area contributed by atoms with E-state index in [1.165, 1.54) is 24.3 Å². The first kappa shape index (κ1) is 20.3. The molecule has 3 amide bonds. The van der Waals surface area contributed by atoms with E-state index in [1.54, 1.807) is 9.80 Å². The average molecular weight is 390 g/mol. The van der Waals surface area contributed by atoms with Crippen molar-refractivity contribution in [1.29, 1.82) is 0 Å². The van der Waals surface area contributed by atoms with Crippen molar-refractivity contribution in [3.63, 3.8) is 0 Å². The smallest absolute Gasteiger partial charge is 0.253 e. The molecule has 1 aromatic carbocycles. The van der Waals surface area contributed by atoms with Crippen molar-refractivity contribution in [3.8, 4) is 0 Å². The number of piperidine rings is 1. The van der Waals surface area contributed by atoms with Crippen LogP contribution in [-0.2, 0) is 9.59 Å². The van der Waals surface area contributed by atoms with Gasteiger partial charge in [-0.15, -0.1) is 0 Å². The largest absolute Gasteiger partial charge is 0.369 e. The van der Waals surface area contributed by atoms with E-state index in [4.69, 9.17) is 5.73 Å². The molecule has 0 bridgehead atoms. The molecule has 0 aliphatic carbocycles. The predicted molar refractivity (Wildman–Crippen MR) is 102 cm³/mol. The van der Waals surface area contributed by atoms with Gasteiger partial charge >= 0.3 is 0 Å². The molecule has 152 valence electrons. The van der Waals surface area contributed by atoms with Crippen molar-refractivity contribution >= 4 is 17.7 Å². The molecule has 8 heteroatoms. The minimum atomic E-state index is -0.364. The van der Waals surface area contributed by atoms with E-state index in [-0.39, 0.29) is 29.5 Å². The number of halogens is 1. The first-order valence-corrected chi connectivity index (χ1v) is 9.78. The van der Waals surface area contributed by atoms with Crippen LogP contribution in [0.3, 0.4) is 0 Å². The number of likely N-dealkylation sites (tertiary alicyclic amines) is 1. The van der Waals surface area contributed by atoms with Crippen LogP contribution in [0.15, 0.2) is 24.3 Å². The van der Waals surface area contributed by atoms with Gasteiger partial charge in [0.1, 0.15) is 5.82 Å². The molecule has 2 heterocycles. The Morgan fingerprint density at radius 1 is 0.929 bits per heavy atom. The molecule has 2 saturated heterocycles. The highest BCUT2D eigenvalue weighted by atomic mass is 19.1. The van der Waals surface area contributed by atoms with Gasteiger partial charge in [-0.3, -0.25) is 19.3 Å². The van der Waals surface area contributed by atoms with Gasteiger partial charge in [0.15, 0.2) is 0 Å². The summed E-state index contributed by atoms with van der Waals surface area (Å²) in [6.07, 6.45) is 2.03. The van der Waals surface area contributed by atoms with Crippen LogP contribution in [0.1, 0.15) is 29.6 Å². The van der Waals surface area contributed by atoms with Crippen molar-refractivity contribution < 1.29 is 18.8 Å². The third-order valence-electron chi connectivity index (χ3n) is 5.58. The second-order valence-electron chi connectivity index (χ2n) is 7.49. The number of benzene rings is 1. The summed E-state index contributed by atoms with van der Waals surface area (Å²) in [6, 6.07) is 5.58. The third kappa shape index (κ3) is 5.07. The number of amides is 3. The second-order valence-corrected chi connectivity index (χ2v) is 7.49. The Labute approximate surface area is 164 Å². The zero-order chi connectivity index (χ0) is 20.1. The first-order chi connectivity index (χ1) is 13.4. The summed E-state index contributed by atoms with van der Waals surface area (Å²) < 4.78 is 13.1. The van der Waals surface area contributed by atoms with Gasteiger partial charge < -0.3 is 15.5 Å². The minimum Gasteiger partial charge on any atom is -0.369 e. The Bertz CT molecular complexity index is 717. The molecular formula is C20H27FN4O3. The lowest BCUT2D eigenvalue weighted by atomic mass is 9.96. The molecule has 7 nitrogen and oxygen atoms in total. The lowest BCUT2D eigenvalue weighted by Gasteiger charge is -2.32. The fraction of sp³-hybridized carbons (Fsp3) is 0.550. The molecule has 0 spiro atoms. The van der Waals surface area contributed by atoms with Gasteiger partial charge in [0.05, 0.1) is 6.54 Å². The molecule has 28 heavy (non-hydrogen) atoms. The molecule has 3 rings (SSSR count). The summed E-state index contributed by atoms with van der Waals surface area (Å²) in [6.45, 7) is 3.97. The van der Waals surface area contributed by atoms with E-state index in [0.717, 1.165) is 13.0 Å². The quantitative estimate of drug-likeness (QED) is 0.820. The van der Waals surface area contributed by atoms with Gasteiger partial charge in [-0.1, -0.05) is 0 Å². The summed E-state index contributed by atoms with van der Waals surface area (Å²) in [4.78, 5) is 42.1. The van der Waals surface area contributed by atoms with Crippen molar-refractivity contribution in [2.24, 2.45) is 11.7 Å². The van der Waals surface area contributed by atoms with Gasteiger partial charge in [0.25, 0.3) is 5.91 Å². The molecule has 0 radical (unpaired) electrons. The molecule has 0 unspecified atom stereocenters. The molecule has 2 aliphatic rings. The lowest BCUT2D eigenvalue weighted by Crippen LogP contribution is -2.46. The number of carbonyl (C=O) groups excluding carboxylic acids is 3. The van der Waals surface area contributed by atoms with E-state index in [2.05, 4.69) is 4.90 Å². The third-order valence-corrected chi connectivity index (χ3v) is 5.58. The highest BCUT2D eigenvalue weighted by Gasteiger charge is 2.27. The SMILES string of the molecule is NC(=O)C1CCN(C(=O)CN2CCCN(C(=O)c3ccc(F)cc3)CC2)CC1. The zero-order valence-corrected chi connectivity index (χ0v) is 16.0. The number of hydrogen-bond acceptors (Lipinski definition) is 4. The Morgan fingerprint density at radius 3 is 2.25 bits per heavy atom. The van der Waals surface area contributed by atoms with E-state index in [9.17, 15) is 18.8 Å². The van der Waals surface area contributed by atoms with E-state index in [1.807, 2.05) is 0 Å². The molecule has 0 atom stereocenters. The van der Waals surface area contributed by atoms with E-state index >= 15 is 0 Å². The fourth-order valence-electron chi connectivity index (χ4n) is 3.81. The van der Waals surface area contributed by atoms with Crippen LogP contribution in [0, 0.1) is 11.7 Å². The fourth-order valence-corrected chi connectivity index (χ4v) is 3.81. The van der Waals surface area contributed by atoms with Crippen LogP contribution in [0.2, 0.25) is 0 Å². The number of carbonyl (C=O) groups is 3. The Balaban J connectivity index is 1.48. The van der Waals surface area contributed by atoms with Crippen molar-refractivity contribution in [1.82, 2.24) is 14.7 Å². The van der Waals surface area contributed by atoms with Crippen LogP contribution in [0.25, 0.3) is 0 Å². The lowest BCUT2D eigenvalue weighted by molar-refractivity contribution is -0.135. The van der Waals surface area contributed by atoms with Crippen LogP contribution >= 0.6 is 0 Å². The highest BCUT2D eigenvalue weighted by Crippen LogP contribution is 2.17. The van der Waals surface area contributed by atoms with Gasteiger partial charge in [-0.25, -0.2) is 4.39 Å². The van der Waals surface area contributed by atoms with Crippen molar-refractivity contribution in [2.45, 2.75) is 19.3 Å². The van der Waals surface area contributed by atoms with Gasteiger partial charge in [0.2, 0.25) is 11.8 Å². The molecule has 1 aromatic rings. The number of rotatable bonds is 4. The zero-order valence-electron chi connectivity index (χ0n) is 16.0. The molecule has 2 N–H and O–H groups in total. The summed E-state index contributed by atoms with van der Waals surface area (Å²) in [5, 5.41) is 0. The standard InChI is InChI=1S/C20H27FN4O3/c21-17-4-2-16(3-5-17)20(28)25-9-1-8-23(12-13-25)14-18(26)24-10-6-15(7-11-24)19(22)27/h2-5,15H,1,6-14H2,(H2,22,27). The average Bonchev–Trinajstić information content (AvgIpc) is 2.93. The molecule has 2 aliphatic heterocycles. The number of nitrogens with two attached hydrogens (primary N) is 1. The van der Waals surface area contributed by atoms with Crippen molar-refractivity contribution in [2.75, 3.05) is 45.8 Å². The van der Waals surface area contributed by atoms with E-state index < -0.39 is 0 Å². The van der Waals surface area contributed by atoms with Gasteiger partial charge in [-0.05, 0) is 43.5 Å². The molecule has 0 saturated carbocycles. The maximum atomic E-state index is 13.1. The maximum absolute atomic E-state index is 13.1. The van der Waals surface area contributed by atoms with Gasteiger partial charge in [0, 0.05) is 50.7 Å². The van der Waals surface area contributed by atoms with Crippen LogP contribution in [0.4, 0.5) is 4.39 Å². The first-order valence-electron chi connectivity index (χ1n) is 9.78. The molecular weight excluding hydrogens is 363 g/mol. The summed E-state index contributed by atoms with van der Waals surface area (Å²) in [5.41, 5.74) is 5.82. The number of primary amides is 1. The number of hydrogen-bond donors (Lipinski definition) is 1. The van der Waals surface area contributed by atoms with Crippen LogP contribution in [-0.4, -0.2) is 78.2 Å². The molecule has 0 aromatic heterocycles. The summed E-state index contributed by atoms with van der Waals surface area (Å²) >= 11 is 0. The second kappa shape index (κ2) is 9.14. The molecule has 2 fully saturated rings. The summed E-state index contributed by atoms with van der Waals surface area (Å²) in [7, 11) is 0. The van der Waals surface area contributed by atoms with E-state index in [0.29, 0.717) is 57.7 Å². The number of nitrogens with zero attached hydrogens (tertiary/aromatic N) is 3. The predicted octanol–water partition coefficient (Wildman–Crippen LogP) is 0.698. The highest BCUT2D eigenvalue weighted by molar-refractivity contribution is 5.94. The van der Waals surface area contributed by atoms with Crippen LogP contribution in [0.5, 0.6) is 0 Å².